The maximum absolute atomic E-state index is 12.5. The fraction of sp³-hybridized carbons (Fsp3) is 0.429. The Morgan fingerprint density at radius 2 is 2.05 bits per heavy atom. The van der Waals surface area contributed by atoms with Gasteiger partial charge in [0.15, 0.2) is 0 Å². The van der Waals surface area contributed by atoms with Gasteiger partial charge in [0.05, 0.1) is 0 Å². The molecule has 0 spiro atoms. The van der Waals surface area contributed by atoms with Crippen molar-refractivity contribution in [2.45, 2.75) is 12.5 Å². The zero-order chi connectivity index (χ0) is 13.7. The number of thioether (sulfide) groups is 1. The molecule has 0 bridgehead atoms. The summed E-state index contributed by atoms with van der Waals surface area (Å²) in [5.74, 6) is 0.821. The molecule has 0 aromatic heterocycles. The van der Waals surface area contributed by atoms with Crippen LogP contribution in [-0.2, 0) is 9.59 Å². The Bertz CT molecular complexity index is 450. The molecule has 2 rings (SSSR count). The molecule has 1 aliphatic heterocycles. The van der Waals surface area contributed by atoms with E-state index in [1.807, 2.05) is 36.6 Å². The minimum Gasteiger partial charge on any atom is -0.340 e. The molecular formula is C14H18N2O2S. The summed E-state index contributed by atoms with van der Waals surface area (Å²) in [6.45, 7) is 1.20. The average Bonchev–Trinajstić information content (AvgIpc) is 2.58. The summed E-state index contributed by atoms with van der Waals surface area (Å²) < 4.78 is 0. The quantitative estimate of drug-likeness (QED) is 0.906. The normalized spacial score (nSPS) is 20.1. The van der Waals surface area contributed by atoms with Crippen molar-refractivity contribution in [3.63, 3.8) is 0 Å². The fourth-order valence-corrected chi connectivity index (χ4v) is 2.52. The van der Waals surface area contributed by atoms with E-state index in [4.69, 9.17) is 0 Å². The van der Waals surface area contributed by atoms with Gasteiger partial charge in [0.25, 0.3) is 0 Å². The zero-order valence-electron chi connectivity index (χ0n) is 11.0. The van der Waals surface area contributed by atoms with Crippen LogP contribution in [0.2, 0.25) is 0 Å². The molecule has 19 heavy (non-hydrogen) atoms. The number of hydrogen-bond acceptors (Lipinski definition) is 3. The van der Waals surface area contributed by atoms with E-state index in [9.17, 15) is 9.59 Å². The molecule has 1 N–H and O–H groups in total. The second-order valence-corrected chi connectivity index (χ2v) is 5.46. The van der Waals surface area contributed by atoms with E-state index >= 15 is 0 Å². The zero-order valence-corrected chi connectivity index (χ0v) is 11.8. The van der Waals surface area contributed by atoms with E-state index in [2.05, 4.69) is 5.32 Å². The predicted octanol–water partition coefficient (Wildman–Crippen LogP) is 1.44. The number of nitrogens with one attached hydrogen (secondary N) is 1. The van der Waals surface area contributed by atoms with Crippen molar-refractivity contribution in [3.8, 4) is 0 Å². The molecule has 102 valence electrons. The van der Waals surface area contributed by atoms with Crippen LogP contribution in [0.15, 0.2) is 30.3 Å². The van der Waals surface area contributed by atoms with Crippen molar-refractivity contribution in [2.75, 3.05) is 25.1 Å². The summed E-state index contributed by atoms with van der Waals surface area (Å²) in [7, 11) is 0. The Balaban J connectivity index is 2.20. The van der Waals surface area contributed by atoms with Gasteiger partial charge in [-0.1, -0.05) is 30.3 Å². The van der Waals surface area contributed by atoms with Gasteiger partial charge in [-0.05, 0) is 11.8 Å². The molecule has 0 aliphatic carbocycles. The molecule has 0 radical (unpaired) electrons. The Kier molecular flexibility index (Phi) is 4.85. The molecule has 1 unspecified atom stereocenters. The molecule has 1 aliphatic rings. The van der Waals surface area contributed by atoms with Gasteiger partial charge in [-0.2, -0.15) is 11.8 Å². The second-order valence-electron chi connectivity index (χ2n) is 4.48. The topological polar surface area (TPSA) is 49.4 Å². The van der Waals surface area contributed by atoms with Crippen molar-refractivity contribution in [3.05, 3.63) is 35.9 Å². The van der Waals surface area contributed by atoms with Crippen LogP contribution in [0.1, 0.15) is 18.0 Å². The highest BCUT2D eigenvalue weighted by Crippen LogP contribution is 2.19. The van der Waals surface area contributed by atoms with Crippen LogP contribution in [0.4, 0.5) is 0 Å². The number of nitrogens with zero attached hydrogens (tertiary/aromatic N) is 1. The van der Waals surface area contributed by atoms with Crippen LogP contribution in [0.25, 0.3) is 0 Å². The van der Waals surface area contributed by atoms with Gasteiger partial charge in [0, 0.05) is 25.3 Å². The third-order valence-corrected chi connectivity index (χ3v) is 3.76. The summed E-state index contributed by atoms with van der Waals surface area (Å²) in [5, 5.41) is 2.81. The van der Waals surface area contributed by atoms with E-state index in [1.165, 1.54) is 0 Å². The molecule has 1 atom stereocenters. The van der Waals surface area contributed by atoms with Crippen LogP contribution < -0.4 is 5.32 Å². The molecule has 1 heterocycles. The molecule has 5 heteroatoms. The predicted molar refractivity (Wildman–Crippen MR) is 76.9 cm³/mol. The largest absolute Gasteiger partial charge is 0.340 e. The molecule has 2 amide bonds. The second kappa shape index (κ2) is 6.61. The minimum atomic E-state index is -0.543. The van der Waals surface area contributed by atoms with Gasteiger partial charge < -0.3 is 10.2 Å². The van der Waals surface area contributed by atoms with Crippen LogP contribution in [0.5, 0.6) is 0 Å². The molecule has 0 saturated carbocycles. The van der Waals surface area contributed by atoms with Gasteiger partial charge in [-0.15, -0.1) is 0 Å². The lowest BCUT2D eigenvalue weighted by atomic mass is 10.1. The molecular weight excluding hydrogens is 260 g/mol. The lowest BCUT2D eigenvalue weighted by Crippen LogP contribution is -2.39. The summed E-state index contributed by atoms with van der Waals surface area (Å²) in [6.07, 6.45) is 2.39. The van der Waals surface area contributed by atoms with Crippen LogP contribution in [-0.4, -0.2) is 41.8 Å². The number of hydrogen-bond donors (Lipinski definition) is 1. The number of carbonyl (C=O) groups is 2. The van der Waals surface area contributed by atoms with E-state index in [1.54, 1.807) is 16.7 Å². The first kappa shape index (κ1) is 13.9. The average molecular weight is 278 g/mol. The minimum absolute atomic E-state index is 0.00824. The van der Waals surface area contributed by atoms with Gasteiger partial charge in [-0.25, -0.2) is 0 Å². The van der Waals surface area contributed by atoms with E-state index in [0.29, 0.717) is 19.5 Å². The Labute approximate surface area is 117 Å². The molecule has 1 aromatic rings. The monoisotopic (exact) mass is 278 g/mol. The molecule has 1 fully saturated rings. The standard InChI is InChI=1S/C14H18N2O2S/c1-19-10-9-16-8-7-12(17)15-13(14(16)18)11-5-3-2-4-6-11/h2-6,13H,7-10H2,1H3,(H,15,17). The smallest absolute Gasteiger partial charge is 0.249 e. The van der Waals surface area contributed by atoms with Gasteiger partial charge >= 0.3 is 0 Å². The fourth-order valence-electron chi connectivity index (χ4n) is 2.12. The summed E-state index contributed by atoms with van der Waals surface area (Å²) in [6, 6.07) is 8.87. The SMILES string of the molecule is CSCCN1CCC(=O)NC(c2ccccc2)C1=O. The first-order valence-corrected chi connectivity index (χ1v) is 7.74. The van der Waals surface area contributed by atoms with Crippen molar-refractivity contribution >= 4 is 23.6 Å². The Hall–Kier alpha value is -1.49. The van der Waals surface area contributed by atoms with Crippen LogP contribution >= 0.6 is 11.8 Å². The first-order chi connectivity index (χ1) is 9.22. The van der Waals surface area contributed by atoms with E-state index < -0.39 is 6.04 Å². The maximum atomic E-state index is 12.5. The van der Waals surface area contributed by atoms with Crippen molar-refractivity contribution in [2.24, 2.45) is 0 Å². The van der Waals surface area contributed by atoms with Gasteiger partial charge in [0.2, 0.25) is 11.8 Å². The van der Waals surface area contributed by atoms with Crippen LogP contribution in [0.3, 0.4) is 0 Å². The summed E-state index contributed by atoms with van der Waals surface area (Å²) in [5.41, 5.74) is 0.844. The number of carbonyl (C=O) groups excluding carboxylic acids is 2. The number of benzene rings is 1. The highest BCUT2D eigenvalue weighted by molar-refractivity contribution is 7.98. The first-order valence-electron chi connectivity index (χ1n) is 6.34. The number of amides is 2. The van der Waals surface area contributed by atoms with Crippen LogP contribution in [0, 0.1) is 0 Å². The van der Waals surface area contributed by atoms with E-state index in [0.717, 1.165) is 11.3 Å². The summed E-state index contributed by atoms with van der Waals surface area (Å²) >= 11 is 1.70. The molecule has 4 nitrogen and oxygen atoms in total. The highest BCUT2D eigenvalue weighted by Gasteiger charge is 2.30. The molecule has 1 aromatic carbocycles. The number of rotatable bonds is 4. The third kappa shape index (κ3) is 3.50. The van der Waals surface area contributed by atoms with E-state index in [-0.39, 0.29) is 11.8 Å². The van der Waals surface area contributed by atoms with Crippen molar-refractivity contribution < 1.29 is 9.59 Å². The molecule has 1 saturated heterocycles. The van der Waals surface area contributed by atoms with Gasteiger partial charge in [0.1, 0.15) is 6.04 Å². The highest BCUT2D eigenvalue weighted by atomic mass is 32.2. The lowest BCUT2D eigenvalue weighted by Gasteiger charge is -2.23. The summed E-state index contributed by atoms with van der Waals surface area (Å²) in [4.78, 5) is 26.0. The third-order valence-electron chi connectivity index (χ3n) is 3.17. The Morgan fingerprint density at radius 3 is 2.74 bits per heavy atom. The maximum Gasteiger partial charge on any atom is 0.249 e. The Morgan fingerprint density at radius 1 is 1.32 bits per heavy atom. The van der Waals surface area contributed by atoms with Crippen molar-refractivity contribution in [1.82, 2.24) is 10.2 Å². The lowest BCUT2D eigenvalue weighted by molar-refractivity contribution is -0.133. The van der Waals surface area contributed by atoms with Gasteiger partial charge in [-0.3, -0.25) is 9.59 Å². The van der Waals surface area contributed by atoms with Crippen molar-refractivity contribution in [1.29, 1.82) is 0 Å².